The molecule has 0 spiro atoms. The zero-order chi connectivity index (χ0) is 15.0. The van der Waals surface area contributed by atoms with Crippen LogP contribution in [0.2, 0.25) is 0 Å². The minimum Gasteiger partial charge on any atom is -0.457 e. The maximum atomic E-state index is 11.7. The Bertz CT molecular complexity index is 441. The van der Waals surface area contributed by atoms with Gasteiger partial charge in [-0.25, -0.2) is 9.48 Å². The van der Waals surface area contributed by atoms with E-state index in [0.29, 0.717) is 24.8 Å². The number of rotatable bonds is 9. The van der Waals surface area contributed by atoms with Crippen molar-refractivity contribution < 1.29 is 14.3 Å². The molecule has 0 atom stereocenters. The fraction of sp³-hybridized carbons (Fsp3) is 0.643. The fourth-order valence-electron chi connectivity index (χ4n) is 1.54. The highest BCUT2D eigenvalue weighted by Gasteiger charge is 2.17. The summed E-state index contributed by atoms with van der Waals surface area (Å²) < 4.78 is 12.1. The number of carbonyl (C=O) groups excluding carboxylic acids is 1. The Balaban J connectivity index is 2.42. The summed E-state index contributed by atoms with van der Waals surface area (Å²) >= 11 is 0. The lowest BCUT2D eigenvalue weighted by Gasteiger charge is -2.07. The molecule has 20 heavy (non-hydrogen) atoms. The highest BCUT2D eigenvalue weighted by atomic mass is 16.5. The second-order valence-corrected chi connectivity index (χ2v) is 4.93. The van der Waals surface area contributed by atoms with Gasteiger partial charge in [-0.1, -0.05) is 31.7 Å². The van der Waals surface area contributed by atoms with Gasteiger partial charge in [-0.05, 0) is 19.3 Å². The van der Waals surface area contributed by atoms with Crippen molar-refractivity contribution in [3.63, 3.8) is 0 Å². The first-order valence-electron chi connectivity index (χ1n) is 6.82. The highest BCUT2D eigenvalue weighted by molar-refractivity contribution is 5.88. The summed E-state index contributed by atoms with van der Waals surface area (Å²) in [6.45, 7) is 11.6. The first-order valence-corrected chi connectivity index (χ1v) is 6.82. The van der Waals surface area contributed by atoms with E-state index < -0.39 is 5.97 Å². The quantitative estimate of drug-likeness (QED) is 0.393. The Morgan fingerprint density at radius 1 is 1.45 bits per heavy atom. The van der Waals surface area contributed by atoms with Crippen LogP contribution in [-0.4, -0.2) is 40.8 Å². The van der Waals surface area contributed by atoms with Gasteiger partial charge < -0.3 is 9.47 Å². The van der Waals surface area contributed by atoms with Crippen LogP contribution in [0.3, 0.4) is 0 Å². The van der Waals surface area contributed by atoms with Crippen LogP contribution in [0.5, 0.6) is 0 Å². The number of ether oxygens (including phenoxy) is 2. The van der Waals surface area contributed by atoms with E-state index in [1.807, 2.05) is 0 Å². The predicted molar refractivity (Wildman–Crippen MR) is 75.5 cm³/mol. The molecule has 0 aliphatic carbocycles. The molecule has 1 aromatic heterocycles. The average Bonchev–Trinajstić information content (AvgIpc) is 2.77. The summed E-state index contributed by atoms with van der Waals surface area (Å²) in [4.78, 5) is 11.7. The van der Waals surface area contributed by atoms with Gasteiger partial charge >= 0.3 is 5.97 Å². The molecule has 112 valence electrons. The van der Waals surface area contributed by atoms with Gasteiger partial charge in [0.1, 0.15) is 6.61 Å². The van der Waals surface area contributed by atoms with Crippen LogP contribution in [0.1, 0.15) is 36.5 Å². The number of nitrogens with zero attached hydrogens (tertiary/aromatic N) is 3. The first-order chi connectivity index (χ1) is 9.56. The number of hydrogen-bond donors (Lipinski definition) is 0. The van der Waals surface area contributed by atoms with E-state index >= 15 is 0 Å². The minimum atomic E-state index is -0.477. The van der Waals surface area contributed by atoms with Crippen LogP contribution in [0, 0.1) is 12.8 Å². The van der Waals surface area contributed by atoms with Crippen LogP contribution < -0.4 is 0 Å². The molecule has 0 amide bonds. The molecular formula is C14H23N3O3. The Morgan fingerprint density at radius 3 is 2.85 bits per heavy atom. The van der Waals surface area contributed by atoms with Gasteiger partial charge in [-0.2, -0.15) is 0 Å². The van der Waals surface area contributed by atoms with E-state index in [0.717, 1.165) is 13.0 Å². The number of hydrogen-bond acceptors (Lipinski definition) is 5. The molecule has 0 N–H and O–H groups in total. The van der Waals surface area contributed by atoms with E-state index in [9.17, 15) is 4.79 Å². The minimum absolute atomic E-state index is 0.170. The standard InChI is InChI=1S/C14H23N3O3/c1-5-8-20-14(18)13-12(4)17(16-15-13)7-10-19-9-6-11(2)3/h5,11H,1,6-10H2,2-4H3. The predicted octanol–water partition coefficient (Wildman–Crippen LogP) is 1.99. The van der Waals surface area contributed by atoms with Crippen molar-refractivity contribution in [2.45, 2.75) is 33.7 Å². The van der Waals surface area contributed by atoms with Gasteiger partial charge in [0.2, 0.25) is 0 Å². The van der Waals surface area contributed by atoms with Crippen LogP contribution >= 0.6 is 0 Å². The summed E-state index contributed by atoms with van der Waals surface area (Å²) in [7, 11) is 0. The molecule has 0 radical (unpaired) electrons. The third-order valence-corrected chi connectivity index (χ3v) is 2.80. The Hall–Kier alpha value is -1.69. The third-order valence-electron chi connectivity index (χ3n) is 2.80. The monoisotopic (exact) mass is 281 g/mol. The summed E-state index contributed by atoms with van der Waals surface area (Å²) in [5.41, 5.74) is 0.931. The second-order valence-electron chi connectivity index (χ2n) is 4.93. The zero-order valence-corrected chi connectivity index (χ0v) is 12.5. The lowest BCUT2D eigenvalue weighted by atomic mass is 10.1. The molecule has 0 fully saturated rings. The molecule has 0 saturated heterocycles. The lowest BCUT2D eigenvalue weighted by molar-refractivity contribution is 0.0541. The number of esters is 1. The number of aromatic nitrogens is 3. The third kappa shape index (κ3) is 5.13. The summed E-state index contributed by atoms with van der Waals surface area (Å²) in [6, 6.07) is 0. The van der Waals surface area contributed by atoms with Gasteiger partial charge in [0, 0.05) is 6.61 Å². The lowest BCUT2D eigenvalue weighted by Crippen LogP contribution is -2.12. The molecule has 1 rings (SSSR count). The molecule has 1 aromatic rings. The van der Waals surface area contributed by atoms with Gasteiger partial charge in [-0.3, -0.25) is 0 Å². The van der Waals surface area contributed by atoms with E-state index in [4.69, 9.17) is 9.47 Å². The summed E-state index contributed by atoms with van der Waals surface area (Å²) in [5.74, 6) is 0.156. The van der Waals surface area contributed by atoms with Crippen molar-refractivity contribution in [2.24, 2.45) is 5.92 Å². The molecule has 0 saturated carbocycles. The van der Waals surface area contributed by atoms with Crippen molar-refractivity contribution in [1.29, 1.82) is 0 Å². The molecule has 0 aliphatic rings. The molecular weight excluding hydrogens is 258 g/mol. The maximum absolute atomic E-state index is 11.7. The first kappa shape index (κ1) is 16.4. The van der Waals surface area contributed by atoms with Gasteiger partial charge in [0.15, 0.2) is 5.69 Å². The van der Waals surface area contributed by atoms with Crippen molar-refractivity contribution >= 4 is 5.97 Å². The van der Waals surface area contributed by atoms with Crippen molar-refractivity contribution in [3.05, 3.63) is 24.0 Å². The summed E-state index contributed by atoms with van der Waals surface area (Å²) in [6.07, 6.45) is 2.55. The topological polar surface area (TPSA) is 66.2 Å². The van der Waals surface area contributed by atoms with Gasteiger partial charge in [0.25, 0.3) is 0 Å². The summed E-state index contributed by atoms with van der Waals surface area (Å²) in [5, 5.41) is 7.78. The Morgan fingerprint density at radius 2 is 2.20 bits per heavy atom. The molecule has 0 aliphatic heterocycles. The largest absolute Gasteiger partial charge is 0.457 e. The van der Waals surface area contributed by atoms with E-state index in [1.54, 1.807) is 11.6 Å². The number of carbonyl (C=O) groups is 1. The smallest absolute Gasteiger partial charge is 0.361 e. The van der Waals surface area contributed by atoms with Crippen molar-refractivity contribution in [1.82, 2.24) is 15.0 Å². The van der Waals surface area contributed by atoms with Crippen molar-refractivity contribution in [2.75, 3.05) is 19.8 Å². The van der Waals surface area contributed by atoms with Gasteiger partial charge in [0.05, 0.1) is 18.8 Å². The SMILES string of the molecule is C=CCOC(=O)c1nnn(CCOCCC(C)C)c1C. The highest BCUT2D eigenvalue weighted by Crippen LogP contribution is 2.06. The molecule has 6 nitrogen and oxygen atoms in total. The Labute approximate surface area is 119 Å². The molecule has 1 heterocycles. The molecule has 0 unspecified atom stereocenters. The van der Waals surface area contributed by atoms with Crippen molar-refractivity contribution in [3.8, 4) is 0 Å². The maximum Gasteiger partial charge on any atom is 0.361 e. The average molecular weight is 281 g/mol. The normalized spacial score (nSPS) is 10.8. The van der Waals surface area contributed by atoms with Crippen LogP contribution in [0.4, 0.5) is 0 Å². The second kappa shape index (κ2) is 8.47. The zero-order valence-electron chi connectivity index (χ0n) is 12.5. The van der Waals surface area contributed by atoms with E-state index in [-0.39, 0.29) is 12.3 Å². The molecule has 0 bridgehead atoms. The molecule has 0 aromatic carbocycles. The van der Waals surface area contributed by atoms with Crippen LogP contribution in [0.15, 0.2) is 12.7 Å². The van der Waals surface area contributed by atoms with Crippen LogP contribution in [-0.2, 0) is 16.0 Å². The fourth-order valence-corrected chi connectivity index (χ4v) is 1.54. The van der Waals surface area contributed by atoms with Gasteiger partial charge in [-0.15, -0.1) is 5.10 Å². The van der Waals surface area contributed by atoms with Crippen LogP contribution in [0.25, 0.3) is 0 Å². The molecule has 6 heteroatoms. The van der Waals surface area contributed by atoms with E-state index in [2.05, 4.69) is 30.7 Å². The Kier molecular flexibility index (Phi) is 6.93. The van der Waals surface area contributed by atoms with E-state index in [1.165, 1.54) is 6.08 Å².